The first-order chi connectivity index (χ1) is 13.8. The van der Waals surface area contributed by atoms with Crippen LogP contribution in [0.2, 0.25) is 0 Å². The number of hydrogen-bond acceptors (Lipinski definition) is 4. The molecule has 0 aliphatic carbocycles. The van der Waals surface area contributed by atoms with Crippen molar-refractivity contribution in [2.45, 2.75) is 58.9 Å². The molecule has 3 rings (SSSR count). The maximum atomic E-state index is 11.7. The Balaban J connectivity index is 1.64. The van der Waals surface area contributed by atoms with E-state index in [0.29, 0.717) is 18.2 Å². The summed E-state index contributed by atoms with van der Waals surface area (Å²) in [5, 5.41) is 3.46. The van der Waals surface area contributed by atoms with Crippen LogP contribution in [0.1, 0.15) is 62.5 Å². The molecule has 2 aromatic rings. The molecule has 1 heterocycles. The molecule has 0 radical (unpaired) electrons. The van der Waals surface area contributed by atoms with E-state index in [2.05, 4.69) is 56.1 Å². The Bertz CT molecular complexity index is 840. The van der Waals surface area contributed by atoms with Gasteiger partial charge in [-0.2, -0.15) is 0 Å². The fraction of sp³-hybridized carbons (Fsp3) is 0.480. The van der Waals surface area contributed by atoms with Gasteiger partial charge in [0.25, 0.3) is 0 Å². The zero-order valence-electron chi connectivity index (χ0n) is 18.4. The Morgan fingerprint density at radius 3 is 2.55 bits per heavy atom. The Morgan fingerprint density at radius 1 is 1.17 bits per heavy atom. The quantitative estimate of drug-likeness (QED) is 0.637. The van der Waals surface area contributed by atoms with E-state index in [1.807, 2.05) is 31.2 Å². The van der Waals surface area contributed by atoms with Gasteiger partial charge >= 0.3 is 5.97 Å². The van der Waals surface area contributed by atoms with Gasteiger partial charge in [0, 0.05) is 30.5 Å². The van der Waals surface area contributed by atoms with Crippen LogP contribution in [0.5, 0.6) is 0 Å². The van der Waals surface area contributed by atoms with Crippen molar-refractivity contribution in [1.82, 2.24) is 0 Å². The Morgan fingerprint density at radius 2 is 1.90 bits per heavy atom. The van der Waals surface area contributed by atoms with E-state index in [4.69, 9.17) is 4.74 Å². The number of esters is 1. The molecule has 4 heteroatoms. The van der Waals surface area contributed by atoms with Crippen LogP contribution in [0.15, 0.2) is 42.5 Å². The second-order valence-electron chi connectivity index (χ2n) is 8.75. The first-order valence-electron chi connectivity index (χ1n) is 10.7. The lowest BCUT2D eigenvalue weighted by atomic mass is 9.77. The molecule has 0 saturated carbocycles. The van der Waals surface area contributed by atoms with Gasteiger partial charge in [-0.25, -0.2) is 4.79 Å². The van der Waals surface area contributed by atoms with Gasteiger partial charge in [0.15, 0.2) is 0 Å². The van der Waals surface area contributed by atoms with Crippen LogP contribution in [-0.4, -0.2) is 31.7 Å². The van der Waals surface area contributed by atoms with E-state index in [9.17, 15) is 4.79 Å². The van der Waals surface area contributed by atoms with Gasteiger partial charge in [-0.15, -0.1) is 0 Å². The Labute approximate surface area is 175 Å². The lowest BCUT2D eigenvalue weighted by molar-refractivity contribution is 0.0526. The van der Waals surface area contributed by atoms with E-state index >= 15 is 0 Å². The number of carbonyl (C=O) groups is 1. The molecule has 0 fully saturated rings. The van der Waals surface area contributed by atoms with Gasteiger partial charge in [-0.05, 0) is 80.5 Å². The van der Waals surface area contributed by atoms with Gasteiger partial charge in [0.05, 0.1) is 12.2 Å². The predicted molar refractivity (Wildman–Crippen MR) is 121 cm³/mol. The van der Waals surface area contributed by atoms with Crippen LogP contribution >= 0.6 is 0 Å². The minimum absolute atomic E-state index is 0.234. The highest BCUT2D eigenvalue weighted by atomic mass is 16.5. The summed E-state index contributed by atoms with van der Waals surface area (Å²) in [6, 6.07) is 15.0. The van der Waals surface area contributed by atoms with Gasteiger partial charge in [0.2, 0.25) is 0 Å². The third kappa shape index (κ3) is 4.92. The van der Waals surface area contributed by atoms with Crippen molar-refractivity contribution in [3.05, 3.63) is 59.2 Å². The van der Waals surface area contributed by atoms with Gasteiger partial charge in [-0.3, -0.25) is 0 Å². The highest BCUT2D eigenvalue weighted by molar-refractivity contribution is 5.89. The molecule has 0 bridgehead atoms. The van der Waals surface area contributed by atoms with Crippen molar-refractivity contribution in [3.8, 4) is 0 Å². The lowest BCUT2D eigenvalue weighted by Crippen LogP contribution is -2.41. The number of fused-ring (bicyclic) bond motifs is 1. The summed E-state index contributed by atoms with van der Waals surface area (Å²) in [6.45, 7) is 13.4. The largest absolute Gasteiger partial charge is 0.462 e. The fourth-order valence-electron chi connectivity index (χ4n) is 4.02. The fourth-order valence-corrected chi connectivity index (χ4v) is 4.02. The predicted octanol–water partition coefficient (Wildman–Crippen LogP) is 5.41. The molecular formula is C25H34N2O2. The van der Waals surface area contributed by atoms with Crippen molar-refractivity contribution in [2.75, 3.05) is 29.9 Å². The second-order valence-corrected chi connectivity index (χ2v) is 8.75. The third-order valence-electron chi connectivity index (χ3n) is 5.84. The van der Waals surface area contributed by atoms with E-state index in [1.165, 1.54) is 23.2 Å². The minimum atomic E-state index is -0.272. The van der Waals surface area contributed by atoms with Crippen LogP contribution < -0.4 is 10.2 Å². The number of ether oxygens (including phenoxy) is 1. The number of rotatable bonds is 7. The van der Waals surface area contributed by atoms with Crippen molar-refractivity contribution in [1.29, 1.82) is 0 Å². The summed E-state index contributed by atoms with van der Waals surface area (Å²) in [7, 11) is 0. The van der Waals surface area contributed by atoms with Gasteiger partial charge in [-0.1, -0.05) is 26.0 Å². The smallest absolute Gasteiger partial charge is 0.338 e. The maximum Gasteiger partial charge on any atom is 0.338 e. The van der Waals surface area contributed by atoms with E-state index in [-0.39, 0.29) is 11.4 Å². The molecule has 1 aliphatic rings. The van der Waals surface area contributed by atoms with Crippen molar-refractivity contribution >= 4 is 17.3 Å². The van der Waals surface area contributed by atoms with Gasteiger partial charge in [0.1, 0.15) is 0 Å². The molecule has 1 N–H and O–H groups in total. The molecule has 0 aromatic heterocycles. The normalized spacial score (nSPS) is 15.2. The minimum Gasteiger partial charge on any atom is -0.462 e. The first kappa shape index (κ1) is 21.2. The lowest BCUT2D eigenvalue weighted by Gasteiger charge is -2.42. The number of anilines is 2. The van der Waals surface area contributed by atoms with Crippen LogP contribution in [-0.2, 0) is 16.6 Å². The molecule has 0 unspecified atom stereocenters. The summed E-state index contributed by atoms with van der Waals surface area (Å²) in [5.41, 5.74) is 6.04. The molecular weight excluding hydrogens is 360 g/mol. The van der Waals surface area contributed by atoms with E-state index < -0.39 is 0 Å². The Kier molecular flexibility index (Phi) is 6.51. The molecule has 0 amide bonds. The highest BCUT2D eigenvalue weighted by Crippen LogP contribution is 2.40. The molecule has 0 spiro atoms. The zero-order valence-corrected chi connectivity index (χ0v) is 18.4. The summed E-state index contributed by atoms with van der Waals surface area (Å²) < 4.78 is 5.03. The monoisotopic (exact) mass is 394 g/mol. The van der Waals surface area contributed by atoms with Crippen LogP contribution in [0.3, 0.4) is 0 Å². The number of benzene rings is 2. The summed E-state index contributed by atoms with van der Waals surface area (Å²) in [6.07, 6.45) is 2.15. The van der Waals surface area contributed by atoms with E-state index in [0.717, 1.165) is 25.2 Å². The van der Waals surface area contributed by atoms with Crippen LogP contribution in [0.25, 0.3) is 0 Å². The number of hydrogen-bond donors (Lipinski definition) is 1. The van der Waals surface area contributed by atoms with Crippen LogP contribution in [0.4, 0.5) is 11.4 Å². The van der Waals surface area contributed by atoms with Crippen molar-refractivity contribution in [2.24, 2.45) is 0 Å². The molecule has 29 heavy (non-hydrogen) atoms. The zero-order chi connectivity index (χ0) is 21.0. The topological polar surface area (TPSA) is 41.6 Å². The summed E-state index contributed by atoms with van der Waals surface area (Å²) in [5.74, 6) is -0.272. The molecule has 156 valence electrons. The standard InChI is InChI=1S/C25H34N2O2/c1-6-29-24(28)20-8-10-21(11-9-20)26-15-13-19-7-12-22-23(17-19)27(18(2)3)16-14-25(22,4)5/h7-12,17-18,26H,6,13-16H2,1-5H3. The summed E-state index contributed by atoms with van der Waals surface area (Å²) in [4.78, 5) is 14.3. The van der Waals surface area contributed by atoms with Crippen molar-refractivity contribution < 1.29 is 9.53 Å². The van der Waals surface area contributed by atoms with E-state index in [1.54, 1.807) is 0 Å². The first-order valence-corrected chi connectivity index (χ1v) is 10.7. The number of carbonyl (C=O) groups excluding carboxylic acids is 1. The molecule has 4 nitrogen and oxygen atoms in total. The average molecular weight is 395 g/mol. The highest BCUT2D eigenvalue weighted by Gasteiger charge is 2.32. The van der Waals surface area contributed by atoms with Crippen LogP contribution in [0, 0.1) is 0 Å². The maximum absolute atomic E-state index is 11.7. The SMILES string of the molecule is CCOC(=O)c1ccc(NCCc2ccc3c(c2)N(C(C)C)CCC3(C)C)cc1. The average Bonchev–Trinajstić information content (AvgIpc) is 2.68. The third-order valence-corrected chi connectivity index (χ3v) is 5.84. The number of nitrogens with zero attached hydrogens (tertiary/aromatic N) is 1. The summed E-state index contributed by atoms with van der Waals surface area (Å²) >= 11 is 0. The molecule has 0 atom stereocenters. The molecule has 0 saturated heterocycles. The number of nitrogens with one attached hydrogen (secondary N) is 1. The second kappa shape index (κ2) is 8.89. The van der Waals surface area contributed by atoms with Gasteiger partial charge < -0.3 is 15.0 Å². The van der Waals surface area contributed by atoms with Crippen molar-refractivity contribution in [3.63, 3.8) is 0 Å². The molecule has 2 aromatic carbocycles. The molecule has 1 aliphatic heterocycles. The Hall–Kier alpha value is -2.49.